The lowest BCUT2D eigenvalue weighted by Crippen LogP contribution is -2.05. The highest BCUT2D eigenvalue weighted by Gasteiger charge is 2.11. The van der Waals surface area contributed by atoms with Crippen molar-refractivity contribution in [1.29, 1.82) is 0 Å². The van der Waals surface area contributed by atoms with Crippen molar-refractivity contribution in [2.45, 2.75) is 26.8 Å². The quantitative estimate of drug-likeness (QED) is 0.238. The summed E-state index contributed by atoms with van der Waals surface area (Å²) in [6, 6.07) is 10.3. The van der Waals surface area contributed by atoms with Crippen LogP contribution in [-0.4, -0.2) is 20.7 Å². The fourth-order valence-corrected chi connectivity index (χ4v) is 3.80. The van der Waals surface area contributed by atoms with E-state index >= 15 is 0 Å². The van der Waals surface area contributed by atoms with Crippen molar-refractivity contribution >= 4 is 34.5 Å². The predicted molar refractivity (Wildman–Crippen MR) is 123 cm³/mol. The number of nitrogens with zero attached hydrogens (tertiary/aromatic N) is 2. The van der Waals surface area contributed by atoms with Gasteiger partial charge in [-0.25, -0.2) is 14.4 Å². The molecule has 0 bridgehead atoms. The molecule has 4 aromatic rings. The zero-order valence-corrected chi connectivity index (χ0v) is 18.1. The van der Waals surface area contributed by atoms with E-state index < -0.39 is 5.95 Å². The van der Waals surface area contributed by atoms with E-state index in [0.717, 1.165) is 33.5 Å². The molecule has 0 saturated carbocycles. The summed E-state index contributed by atoms with van der Waals surface area (Å²) in [5.74, 6) is 0.422. The number of aromatic amines is 1. The summed E-state index contributed by atoms with van der Waals surface area (Å²) in [5, 5.41) is 4.05. The maximum Gasteiger partial charge on any atom is 0.218 e. The van der Waals surface area contributed by atoms with Crippen molar-refractivity contribution in [1.82, 2.24) is 15.0 Å². The van der Waals surface area contributed by atoms with Gasteiger partial charge in [-0.15, -0.1) is 0 Å². The molecule has 0 saturated heterocycles. The third-order valence-corrected chi connectivity index (χ3v) is 5.49. The first kappa shape index (κ1) is 21.1. The van der Waals surface area contributed by atoms with Gasteiger partial charge in [0.15, 0.2) is 0 Å². The smallest absolute Gasteiger partial charge is 0.218 e. The Morgan fingerprint density at radius 1 is 1.10 bits per heavy atom. The van der Waals surface area contributed by atoms with Gasteiger partial charge < -0.3 is 15.0 Å². The summed E-state index contributed by atoms with van der Waals surface area (Å²) in [4.78, 5) is 11.5. The van der Waals surface area contributed by atoms with E-state index in [-0.39, 0.29) is 5.82 Å². The van der Waals surface area contributed by atoms with E-state index in [1.54, 1.807) is 18.3 Å². The van der Waals surface area contributed by atoms with Crippen molar-refractivity contribution in [3.8, 4) is 0 Å². The second-order valence-corrected chi connectivity index (χ2v) is 8.35. The maximum absolute atomic E-state index is 14.7. The van der Waals surface area contributed by atoms with Gasteiger partial charge in [-0.3, -0.25) is 0 Å². The average molecular weight is 440 g/mol. The molecule has 5 nitrogen and oxygen atoms in total. The van der Waals surface area contributed by atoms with Gasteiger partial charge in [-0.05, 0) is 53.9 Å². The number of benzene rings is 1. The number of aryl methyl sites for hydroxylation is 1. The molecule has 3 heterocycles. The molecule has 160 valence electrons. The summed E-state index contributed by atoms with van der Waals surface area (Å²) in [7, 11) is 0. The van der Waals surface area contributed by atoms with E-state index in [1.807, 2.05) is 32.2 Å². The van der Waals surface area contributed by atoms with E-state index in [2.05, 4.69) is 25.0 Å². The Kier molecular flexibility index (Phi) is 6.36. The van der Waals surface area contributed by atoms with Crippen LogP contribution in [0.1, 0.15) is 29.2 Å². The van der Waals surface area contributed by atoms with Crippen molar-refractivity contribution in [2.24, 2.45) is 0 Å². The minimum atomic E-state index is -0.527. The minimum Gasteiger partial charge on any atom is -0.366 e. The third kappa shape index (κ3) is 5.14. The van der Waals surface area contributed by atoms with Crippen LogP contribution in [0.2, 0.25) is 0 Å². The lowest BCUT2D eigenvalue weighted by atomic mass is 10.1. The van der Waals surface area contributed by atoms with Gasteiger partial charge in [0.1, 0.15) is 17.3 Å². The number of nitrogens with one attached hydrogen (secondary N) is 3. The molecule has 1 aromatic carbocycles. The molecular weight excluding hydrogens is 416 g/mol. The Labute approximate surface area is 183 Å². The van der Waals surface area contributed by atoms with E-state index in [9.17, 15) is 8.78 Å². The van der Waals surface area contributed by atoms with Crippen LogP contribution in [0.5, 0.6) is 0 Å². The molecule has 0 aliphatic heterocycles. The van der Waals surface area contributed by atoms with Crippen molar-refractivity contribution < 1.29 is 8.78 Å². The monoisotopic (exact) mass is 439 g/mol. The first-order valence-corrected chi connectivity index (χ1v) is 11.0. The van der Waals surface area contributed by atoms with Gasteiger partial charge in [-0.2, -0.15) is 4.39 Å². The summed E-state index contributed by atoms with van der Waals surface area (Å²) in [6.45, 7) is 4.33. The molecule has 0 spiro atoms. The molecule has 0 radical (unpaired) electrons. The number of pyridine rings is 2. The van der Waals surface area contributed by atoms with Crippen molar-refractivity contribution in [3.63, 3.8) is 0 Å². The molecule has 8 heteroatoms. The minimum absolute atomic E-state index is 0.323. The summed E-state index contributed by atoms with van der Waals surface area (Å²) in [5.41, 5.74) is 4.75. The number of anilines is 2. The van der Waals surface area contributed by atoms with Gasteiger partial charge in [0, 0.05) is 47.7 Å². The van der Waals surface area contributed by atoms with Crippen molar-refractivity contribution in [3.05, 3.63) is 82.8 Å². The topological polar surface area (TPSA) is 65.6 Å². The Morgan fingerprint density at radius 2 is 1.97 bits per heavy atom. The number of hydrogen-bond acceptors (Lipinski definition) is 5. The Hall–Kier alpha value is -3.13. The number of rotatable bonds is 8. The first-order chi connectivity index (χ1) is 15.0. The lowest BCUT2D eigenvalue weighted by Gasteiger charge is -2.10. The number of hydrogen-bond donors (Lipinski definition) is 3. The van der Waals surface area contributed by atoms with Gasteiger partial charge in [0.2, 0.25) is 5.95 Å². The molecule has 0 aliphatic rings. The van der Waals surface area contributed by atoms with Gasteiger partial charge in [0.05, 0.1) is 0 Å². The molecule has 0 atom stereocenters. The Bertz CT molecular complexity index is 1210. The lowest BCUT2D eigenvalue weighted by molar-refractivity contribution is 0.571. The van der Waals surface area contributed by atoms with Crippen LogP contribution in [0.15, 0.2) is 48.8 Å². The SMILES string of the molecule is CCSNc1cc(F)cc(CNc2ccc(Cc3c[nH]c4ncc(C)cc34)c(F)n2)c1. The Balaban J connectivity index is 1.45. The zero-order chi connectivity index (χ0) is 21.8. The van der Waals surface area contributed by atoms with E-state index in [1.165, 1.54) is 24.1 Å². The largest absolute Gasteiger partial charge is 0.366 e. The maximum atomic E-state index is 14.7. The summed E-state index contributed by atoms with van der Waals surface area (Å²) < 4.78 is 31.6. The average Bonchev–Trinajstić information content (AvgIpc) is 3.14. The second-order valence-electron chi connectivity index (χ2n) is 7.28. The Morgan fingerprint density at radius 3 is 2.77 bits per heavy atom. The first-order valence-electron chi connectivity index (χ1n) is 10.0. The van der Waals surface area contributed by atoms with Crippen LogP contribution >= 0.6 is 11.9 Å². The summed E-state index contributed by atoms with van der Waals surface area (Å²) in [6.07, 6.45) is 4.07. The molecule has 4 rings (SSSR count). The molecule has 0 amide bonds. The highest BCUT2D eigenvalue weighted by atomic mass is 32.2. The fraction of sp³-hybridized carbons (Fsp3) is 0.217. The van der Waals surface area contributed by atoms with Crippen LogP contribution in [0, 0.1) is 18.7 Å². The summed E-state index contributed by atoms with van der Waals surface area (Å²) >= 11 is 1.49. The molecule has 31 heavy (non-hydrogen) atoms. The molecular formula is C23H23F2N5S. The van der Waals surface area contributed by atoms with Crippen LogP contribution in [0.4, 0.5) is 20.3 Å². The molecule has 0 fully saturated rings. The number of fused-ring (bicyclic) bond motifs is 1. The zero-order valence-electron chi connectivity index (χ0n) is 17.3. The highest BCUT2D eigenvalue weighted by Crippen LogP contribution is 2.23. The number of halogens is 2. The second kappa shape index (κ2) is 9.34. The van der Waals surface area contributed by atoms with E-state index in [4.69, 9.17) is 0 Å². The van der Waals surface area contributed by atoms with Crippen LogP contribution in [0.3, 0.4) is 0 Å². The van der Waals surface area contributed by atoms with Gasteiger partial charge >= 0.3 is 0 Å². The highest BCUT2D eigenvalue weighted by molar-refractivity contribution is 8.00. The van der Waals surface area contributed by atoms with Crippen molar-refractivity contribution in [2.75, 3.05) is 15.8 Å². The van der Waals surface area contributed by atoms with Crippen LogP contribution in [0.25, 0.3) is 11.0 Å². The van der Waals surface area contributed by atoms with Gasteiger partial charge in [0.25, 0.3) is 0 Å². The van der Waals surface area contributed by atoms with E-state index in [0.29, 0.717) is 30.0 Å². The van der Waals surface area contributed by atoms with Gasteiger partial charge in [-0.1, -0.05) is 24.9 Å². The molecule has 3 aromatic heterocycles. The standard InChI is InChI=1S/C23H23F2N5S/c1-3-31-30-19-8-15(7-18(24)10-19)12-26-21-5-4-16(22(25)29-21)9-17-13-28-23-20(17)6-14(2)11-27-23/h4-8,10-11,13,30H,3,9,12H2,1-2H3,(H,26,29)(H,27,28). The van der Waals surface area contributed by atoms with Crippen LogP contribution < -0.4 is 10.0 Å². The number of H-pyrrole nitrogens is 1. The normalized spacial score (nSPS) is 11.1. The number of aromatic nitrogens is 3. The fourth-order valence-electron chi connectivity index (χ4n) is 3.37. The molecule has 3 N–H and O–H groups in total. The van der Waals surface area contributed by atoms with Crippen LogP contribution in [-0.2, 0) is 13.0 Å². The molecule has 0 unspecified atom stereocenters. The molecule has 0 aliphatic carbocycles. The third-order valence-electron chi connectivity index (χ3n) is 4.83. The predicted octanol–water partition coefficient (Wildman–Crippen LogP) is 5.83.